The molecule has 0 amide bonds. The lowest BCUT2D eigenvalue weighted by atomic mass is 9.98. The molecule has 0 radical (unpaired) electrons. The van der Waals surface area contributed by atoms with Crippen LogP contribution >= 0.6 is 0 Å². The standard InChI is InChI=1S/C24H27N5O2/c1-28-14-16(4-10-24(28)31)15-3-7-20(22(30)11-15)21-8-9-23(27-26-21)29(2)19-12-17-5-6-18(13-19)25-17/h3-4,7-11,14,17-19,25,30H,5-6,12-13H2,1-2H3/t17-,18+,19+. The molecule has 7 heteroatoms. The minimum Gasteiger partial charge on any atom is -0.507 e. The predicted octanol–water partition coefficient (Wildman–Crippen LogP) is 2.93. The molecule has 2 N–H and O–H groups in total. The number of benzene rings is 1. The van der Waals surface area contributed by atoms with Crippen LogP contribution in [0.2, 0.25) is 0 Å². The van der Waals surface area contributed by atoms with Gasteiger partial charge in [-0.05, 0) is 67.1 Å². The van der Waals surface area contributed by atoms with Gasteiger partial charge in [-0.1, -0.05) is 6.07 Å². The SMILES string of the molecule is CN(c1ccc(-c2ccc(-c3ccc(=O)n(C)c3)cc2O)nn1)[C@H]1C[C@H]2CC[C@@H](C1)N2. The first-order valence-corrected chi connectivity index (χ1v) is 10.8. The summed E-state index contributed by atoms with van der Waals surface area (Å²) in [5.41, 5.74) is 2.90. The highest BCUT2D eigenvalue weighted by Gasteiger charge is 2.35. The third-order valence-corrected chi connectivity index (χ3v) is 6.70. The first-order valence-electron chi connectivity index (χ1n) is 10.8. The smallest absolute Gasteiger partial charge is 0.250 e. The summed E-state index contributed by atoms with van der Waals surface area (Å²) in [6.45, 7) is 0. The van der Waals surface area contributed by atoms with Crippen molar-refractivity contribution >= 4 is 5.82 Å². The number of nitrogens with zero attached hydrogens (tertiary/aromatic N) is 4. The number of pyridine rings is 1. The molecule has 3 aromatic rings. The molecule has 160 valence electrons. The molecule has 2 fully saturated rings. The Bertz CT molecular complexity index is 1150. The van der Waals surface area contributed by atoms with Crippen LogP contribution in [0.15, 0.2) is 53.5 Å². The van der Waals surface area contributed by atoms with E-state index in [1.165, 1.54) is 23.5 Å². The minimum absolute atomic E-state index is 0.0675. The van der Waals surface area contributed by atoms with Crippen LogP contribution in [0.4, 0.5) is 5.82 Å². The van der Waals surface area contributed by atoms with Crippen molar-refractivity contribution in [2.75, 3.05) is 11.9 Å². The molecule has 2 saturated heterocycles. The Morgan fingerprint density at radius 3 is 2.42 bits per heavy atom. The fraction of sp³-hybridized carbons (Fsp3) is 0.375. The monoisotopic (exact) mass is 417 g/mol. The van der Waals surface area contributed by atoms with E-state index in [-0.39, 0.29) is 11.3 Å². The highest BCUT2D eigenvalue weighted by Crippen LogP contribution is 2.34. The number of aromatic nitrogens is 3. The van der Waals surface area contributed by atoms with Gasteiger partial charge in [0.05, 0.1) is 5.69 Å². The molecule has 0 unspecified atom stereocenters. The number of hydrogen-bond donors (Lipinski definition) is 2. The Balaban J connectivity index is 1.35. The van der Waals surface area contributed by atoms with Crippen molar-refractivity contribution in [3.8, 4) is 28.1 Å². The van der Waals surface area contributed by atoms with E-state index in [2.05, 4.69) is 27.5 Å². The number of aromatic hydroxyl groups is 1. The van der Waals surface area contributed by atoms with Gasteiger partial charge in [-0.15, -0.1) is 10.2 Å². The zero-order chi connectivity index (χ0) is 21.5. The van der Waals surface area contributed by atoms with Gasteiger partial charge >= 0.3 is 0 Å². The average Bonchev–Trinajstić information content (AvgIpc) is 3.12. The Kier molecular flexibility index (Phi) is 4.98. The van der Waals surface area contributed by atoms with E-state index in [4.69, 9.17) is 0 Å². The van der Waals surface area contributed by atoms with Gasteiger partial charge < -0.3 is 19.9 Å². The summed E-state index contributed by atoms with van der Waals surface area (Å²) in [5.74, 6) is 0.994. The van der Waals surface area contributed by atoms with E-state index in [1.54, 1.807) is 25.4 Å². The highest BCUT2D eigenvalue weighted by atomic mass is 16.3. The molecule has 5 rings (SSSR count). The van der Waals surface area contributed by atoms with Crippen LogP contribution in [0.5, 0.6) is 5.75 Å². The molecule has 3 atom stereocenters. The number of piperidine rings is 1. The van der Waals surface area contributed by atoms with Crippen LogP contribution in [0.1, 0.15) is 25.7 Å². The largest absolute Gasteiger partial charge is 0.507 e. The third kappa shape index (κ3) is 3.81. The Hall–Kier alpha value is -3.19. The number of rotatable bonds is 4. The summed E-state index contributed by atoms with van der Waals surface area (Å²) in [5, 5.41) is 23.1. The van der Waals surface area contributed by atoms with Gasteiger partial charge in [0.15, 0.2) is 5.82 Å². The van der Waals surface area contributed by atoms with Gasteiger partial charge in [-0.2, -0.15) is 0 Å². The maximum absolute atomic E-state index is 11.6. The van der Waals surface area contributed by atoms with Crippen LogP contribution in [-0.4, -0.2) is 45.0 Å². The van der Waals surface area contributed by atoms with Crippen molar-refractivity contribution in [1.29, 1.82) is 0 Å². The maximum Gasteiger partial charge on any atom is 0.250 e. The van der Waals surface area contributed by atoms with Gasteiger partial charge in [0.1, 0.15) is 5.75 Å². The lowest BCUT2D eigenvalue weighted by molar-refractivity contribution is 0.353. The number of phenols is 1. The summed E-state index contributed by atoms with van der Waals surface area (Å²) < 4.78 is 1.52. The fourth-order valence-corrected chi connectivity index (χ4v) is 4.88. The summed E-state index contributed by atoms with van der Waals surface area (Å²) in [6, 6.07) is 14.4. The van der Waals surface area contributed by atoms with Crippen molar-refractivity contribution in [2.24, 2.45) is 7.05 Å². The van der Waals surface area contributed by atoms with E-state index in [1.807, 2.05) is 24.3 Å². The molecule has 1 aromatic carbocycles. The summed E-state index contributed by atoms with van der Waals surface area (Å²) in [7, 11) is 3.81. The van der Waals surface area contributed by atoms with Gasteiger partial charge in [0, 0.05) is 50.0 Å². The van der Waals surface area contributed by atoms with Crippen LogP contribution in [0.3, 0.4) is 0 Å². The Morgan fingerprint density at radius 1 is 1.03 bits per heavy atom. The number of nitrogens with one attached hydrogen (secondary N) is 1. The number of anilines is 1. The normalized spacial score (nSPS) is 22.5. The molecule has 4 heterocycles. The molecule has 7 nitrogen and oxygen atoms in total. The molecule has 31 heavy (non-hydrogen) atoms. The molecule has 0 aliphatic carbocycles. The van der Waals surface area contributed by atoms with Gasteiger partial charge in [-0.3, -0.25) is 4.79 Å². The van der Waals surface area contributed by atoms with E-state index >= 15 is 0 Å². The molecule has 2 aliphatic heterocycles. The lowest BCUT2D eigenvalue weighted by Crippen LogP contribution is -2.47. The Labute approximate surface area is 181 Å². The Morgan fingerprint density at radius 2 is 1.77 bits per heavy atom. The third-order valence-electron chi connectivity index (χ3n) is 6.70. The molecule has 0 spiro atoms. The molecule has 2 aliphatic rings. The summed E-state index contributed by atoms with van der Waals surface area (Å²) in [6.07, 6.45) is 6.59. The zero-order valence-corrected chi connectivity index (χ0v) is 17.8. The molecule has 2 bridgehead atoms. The molecular formula is C24H27N5O2. The van der Waals surface area contributed by atoms with Crippen LogP contribution in [0.25, 0.3) is 22.4 Å². The number of phenolic OH excluding ortho intramolecular Hbond substituents is 1. The van der Waals surface area contributed by atoms with Gasteiger partial charge in [-0.25, -0.2) is 0 Å². The van der Waals surface area contributed by atoms with Gasteiger partial charge in [0.25, 0.3) is 0 Å². The topological polar surface area (TPSA) is 83.3 Å². The maximum atomic E-state index is 11.6. The van der Waals surface area contributed by atoms with Crippen molar-refractivity contribution in [1.82, 2.24) is 20.1 Å². The van der Waals surface area contributed by atoms with E-state index in [9.17, 15) is 9.90 Å². The van der Waals surface area contributed by atoms with E-state index in [0.717, 1.165) is 29.8 Å². The van der Waals surface area contributed by atoms with Crippen LogP contribution in [0, 0.1) is 0 Å². The quantitative estimate of drug-likeness (QED) is 0.679. The lowest BCUT2D eigenvalue weighted by Gasteiger charge is -2.36. The van der Waals surface area contributed by atoms with Gasteiger partial charge in [0.2, 0.25) is 5.56 Å². The second kappa shape index (κ2) is 7.81. The predicted molar refractivity (Wildman–Crippen MR) is 121 cm³/mol. The highest BCUT2D eigenvalue weighted by molar-refractivity contribution is 5.74. The average molecular weight is 418 g/mol. The number of hydrogen-bond acceptors (Lipinski definition) is 6. The molecule has 2 aromatic heterocycles. The number of aryl methyl sites for hydroxylation is 1. The molecule has 0 saturated carbocycles. The zero-order valence-electron chi connectivity index (χ0n) is 17.8. The second-order valence-electron chi connectivity index (χ2n) is 8.75. The molecular weight excluding hydrogens is 390 g/mol. The van der Waals surface area contributed by atoms with Crippen LogP contribution < -0.4 is 15.8 Å². The first kappa shape index (κ1) is 19.8. The van der Waals surface area contributed by atoms with Crippen LogP contribution in [-0.2, 0) is 7.05 Å². The fourth-order valence-electron chi connectivity index (χ4n) is 4.88. The summed E-state index contributed by atoms with van der Waals surface area (Å²) >= 11 is 0. The van der Waals surface area contributed by atoms with Crippen molar-refractivity contribution in [3.05, 3.63) is 59.0 Å². The summed E-state index contributed by atoms with van der Waals surface area (Å²) in [4.78, 5) is 13.9. The van der Waals surface area contributed by atoms with E-state index in [0.29, 0.717) is 29.4 Å². The van der Waals surface area contributed by atoms with Crippen molar-refractivity contribution < 1.29 is 5.11 Å². The minimum atomic E-state index is -0.0675. The first-order chi connectivity index (χ1) is 15.0. The van der Waals surface area contributed by atoms with E-state index < -0.39 is 0 Å². The van der Waals surface area contributed by atoms with Crippen molar-refractivity contribution in [3.63, 3.8) is 0 Å². The number of fused-ring (bicyclic) bond motifs is 2. The van der Waals surface area contributed by atoms with Crippen molar-refractivity contribution in [2.45, 2.75) is 43.8 Å². The second-order valence-corrected chi connectivity index (χ2v) is 8.75.